The van der Waals surface area contributed by atoms with Gasteiger partial charge in [0.25, 0.3) is 0 Å². The Kier molecular flexibility index (Phi) is 5.64. The van der Waals surface area contributed by atoms with Gasteiger partial charge in [0, 0.05) is 10.9 Å². The van der Waals surface area contributed by atoms with Crippen LogP contribution in [0.25, 0.3) is 0 Å². The van der Waals surface area contributed by atoms with Crippen molar-refractivity contribution in [2.75, 3.05) is 0 Å². The van der Waals surface area contributed by atoms with Crippen LogP contribution in [0.15, 0.2) is 29.9 Å². The molecule has 2 aromatic rings. The summed E-state index contributed by atoms with van der Waals surface area (Å²) in [6.45, 7) is 0. The topological polar surface area (TPSA) is 64.1 Å². The Morgan fingerprint density at radius 3 is 2.52 bits per heavy atom. The van der Waals surface area contributed by atoms with Crippen LogP contribution in [-0.2, 0) is 10.2 Å². The Bertz CT molecular complexity index is 752. The Hall–Kier alpha value is -1.66. The van der Waals surface area contributed by atoms with Gasteiger partial charge >= 0.3 is 6.01 Å². The summed E-state index contributed by atoms with van der Waals surface area (Å²) in [5.41, 5.74) is -0.307. The Morgan fingerprint density at radius 2 is 1.89 bits per heavy atom. The molecule has 144 valence electrons. The minimum Gasteiger partial charge on any atom is -0.460 e. The molecule has 7 heteroatoms. The van der Waals surface area contributed by atoms with Crippen LogP contribution in [0.1, 0.15) is 56.2 Å². The monoisotopic (exact) mass is 405 g/mol. The number of halogens is 1. The van der Waals surface area contributed by atoms with Gasteiger partial charge in [-0.2, -0.15) is 0 Å². The molecule has 0 saturated heterocycles. The van der Waals surface area contributed by atoms with E-state index in [4.69, 9.17) is 16.3 Å². The second-order valence-electron chi connectivity index (χ2n) is 7.52. The zero-order chi connectivity index (χ0) is 18.7. The van der Waals surface area contributed by atoms with Gasteiger partial charge in [0.1, 0.15) is 6.10 Å². The molecule has 2 aliphatic carbocycles. The van der Waals surface area contributed by atoms with E-state index in [9.17, 15) is 4.79 Å². The Labute approximate surface area is 168 Å². The number of carbonyl (C=O) groups excluding carboxylic acids is 1. The predicted molar refractivity (Wildman–Crippen MR) is 106 cm³/mol. The van der Waals surface area contributed by atoms with Gasteiger partial charge in [0.2, 0.25) is 5.91 Å². The maximum atomic E-state index is 13.2. The van der Waals surface area contributed by atoms with Crippen molar-refractivity contribution in [1.29, 1.82) is 0 Å². The summed E-state index contributed by atoms with van der Waals surface area (Å²) in [6, 6.07) is 4.76. The normalized spacial score (nSPS) is 24.5. The predicted octanol–water partition coefficient (Wildman–Crippen LogP) is 4.51. The second kappa shape index (κ2) is 8.15. The first-order chi connectivity index (χ1) is 13.2. The molecule has 4 rings (SSSR count). The number of aromatic nitrogens is 2. The summed E-state index contributed by atoms with van der Waals surface area (Å²) in [5.74, 6) is 0.216. The second-order valence-corrected chi connectivity index (χ2v) is 8.90. The van der Waals surface area contributed by atoms with Gasteiger partial charge < -0.3 is 10.1 Å². The van der Waals surface area contributed by atoms with Gasteiger partial charge in [-0.15, -0.1) is 11.3 Å². The minimum atomic E-state index is -0.307. The molecule has 0 unspecified atom stereocenters. The van der Waals surface area contributed by atoms with Gasteiger partial charge in [-0.3, -0.25) is 4.79 Å². The van der Waals surface area contributed by atoms with Crippen molar-refractivity contribution < 1.29 is 9.53 Å². The van der Waals surface area contributed by atoms with E-state index < -0.39 is 0 Å². The standard InChI is InChI=1S/C20H24ClN3O2S/c21-14-12-22-19(23-13-14)26-16-7-5-15(6-8-16)24-18(25)20(9-1-2-10-20)17-4-3-11-27-17/h3-4,11-13,15-16H,1-2,5-10H2,(H,24,25). The maximum Gasteiger partial charge on any atom is 0.316 e. The molecule has 27 heavy (non-hydrogen) atoms. The molecule has 0 radical (unpaired) electrons. The number of ether oxygens (including phenoxy) is 1. The largest absolute Gasteiger partial charge is 0.460 e. The molecule has 1 amide bonds. The highest BCUT2D eigenvalue weighted by atomic mass is 35.5. The van der Waals surface area contributed by atoms with Crippen LogP contribution in [-0.4, -0.2) is 28.0 Å². The molecule has 0 atom stereocenters. The fourth-order valence-electron chi connectivity index (χ4n) is 4.27. The van der Waals surface area contributed by atoms with Gasteiger partial charge in [0.05, 0.1) is 22.8 Å². The number of carbonyl (C=O) groups is 1. The molecule has 0 aromatic carbocycles. The number of nitrogens with one attached hydrogen (secondary N) is 1. The number of nitrogens with zero attached hydrogens (tertiary/aromatic N) is 2. The Balaban J connectivity index is 1.32. The van der Waals surface area contributed by atoms with Crippen LogP contribution >= 0.6 is 22.9 Å². The molecule has 2 heterocycles. The SMILES string of the molecule is O=C(NC1CCC(Oc2ncc(Cl)cn2)CC1)C1(c2cccs2)CCCC1. The van der Waals surface area contributed by atoms with Gasteiger partial charge in [0.15, 0.2) is 0 Å². The van der Waals surface area contributed by atoms with E-state index in [2.05, 4.69) is 32.8 Å². The number of hydrogen-bond acceptors (Lipinski definition) is 5. The zero-order valence-electron chi connectivity index (χ0n) is 15.2. The van der Waals surface area contributed by atoms with Crippen molar-refractivity contribution in [3.05, 3.63) is 39.8 Å². The van der Waals surface area contributed by atoms with Gasteiger partial charge in [-0.1, -0.05) is 30.5 Å². The van der Waals surface area contributed by atoms with Crippen molar-refractivity contribution in [2.45, 2.75) is 68.9 Å². The molecular weight excluding hydrogens is 382 g/mol. The molecule has 2 aliphatic rings. The third kappa shape index (κ3) is 4.11. The lowest BCUT2D eigenvalue weighted by molar-refractivity contribution is -0.127. The molecule has 0 bridgehead atoms. The summed E-state index contributed by atoms with van der Waals surface area (Å²) in [6.07, 6.45) is 11.0. The van der Waals surface area contributed by atoms with Crippen molar-refractivity contribution >= 4 is 28.8 Å². The van der Waals surface area contributed by atoms with Crippen molar-refractivity contribution in [1.82, 2.24) is 15.3 Å². The average molecular weight is 406 g/mol. The third-order valence-electron chi connectivity index (χ3n) is 5.76. The van der Waals surface area contributed by atoms with Crippen LogP contribution in [0.2, 0.25) is 5.02 Å². The average Bonchev–Trinajstić information content (AvgIpc) is 3.37. The van der Waals surface area contributed by atoms with E-state index in [-0.39, 0.29) is 23.5 Å². The quantitative estimate of drug-likeness (QED) is 0.794. The molecular formula is C20H24ClN3O2S. The molecule has 1 N–H and O–H groups in total. The van der Waals surface area contributed by atoms with Gasteiger partial charge in [-0.25, -0.2) is 9.97 Å². The van der Waals surface area contributed by atoms with Crippen molar-refractivity contribution in [3.8, 4) is 6.01 Å². The molecule has 0 aliphatic heterocycles. The van der Waals surface area contributed by atoms with E-state index in [1.54, 1.807) is 23.7 Å². The lowest BCUT2D eigenvalue weighted by Gasteiger charge is -2.33. The van der Waals surface area contributed by atoms with E-state index >= 15 is 0 Å². The van der Waals surface area contributed by atoms with Crippen LogP contribution < -0.4 is 10.1 Å². The third-order valence-corrected chi connectivity index (χ3v) is 7.03. The van der Waals surface area contributed by atoms with Crippen LogP contribution in [0.3, 0.4) is 0 Å². The number of hydrogen-bond donors (Lipinski definition) is 1. The smallest absolute Gasteiger partial charge is 0.316 e. The first-order valence-electron chi connectivity index (χ1n) is 9.65. The number of amides is 1. The van der Waals surface area contributed by atoms with Crippen molar-refractivity contribution in [3.63, 3.8) is 0 Å². The fourth-order valence-corrected chi connectivity index (χ4v) is 5.35. The summed E-state index contributed by atoms with van der Waals surface area (Å²) in [7, 11) is 0. The number of rotatable bonds is 5. The lowest BCUT2D eigenvalue weighted by atomic mass is 9.82. The summed E-state index contributed by atoms with van der Waals surface area (Å²) >= 11 is 7.51. The highest BCUT2D eigenvalue weighted by Crippen LogP contribution is 2.43. The molecule has 0 spiro atoms. The summed E-state index contributed by atoms with van der Waals surface area (Å²) in [5, 5.41) is 5.92. The summed E-state index contributed by atoms with van der Waals surface area (Å²) < 4.78 is 5.85. The fraction of sp³-hybridized carbons (Fsp3) is 0.550. The Morgan fingerprint density at radius 1 is 1.19 bits per heavy atom. The van der Waals surface area contributed by atoms with Crippen LogP contribution in [0, 0.1) is 0 Å². The van der Waals surface area contributed by atoms with E-state index in [1.807, 2.05) is 0 Å². The summed E-state index contributed by atoms with van der Waals surface area (Å²) in [4.78, 5) is 22.6. The zero-order valence-corrected chi connectivity index (χ0v) is 16.8. The van der Waals surface area contributed by atoms with Crippen LogP contribution in [0.4, 0.5) is 0 Å². The van der Waals surface area contributed by atoms with Gasteiger partial charge in [-0.05, 0) is 50.0 Å². The first-order valence-corrected chi connectivity index (χ1v) is 10.9. The number of thiophene rings is 1. The highest BCUT2D eigenvalue weighted by molar-refractivity contribution is 7.10. The molecule has 2 saturated carbocycles. The lowest BCUT2D eigenvalue weighted by Crippen LogP contribution is -2.48. The highest BCUT2D eigenvalue weighted by Gasteiger charge is 2.44. The van der Waals surface area contributed by atoms with E-state index in [1.165, 1.54) is 4.88 Å². The van der Waals surface area contributed by atoms with Crippen LogP contribution in [0.5, 0.6) is 6.01 Å². The molecule has 2 fully saturated rings. The minimum absolute atomic E-state index is 0.0945. The first kappa shape index (κ1) is 18.7. The molecule has 2 aromatic heterocycles. The van der Waals surface area contributed by atoms with E-state index in [0.29, 0.717) is 11.0 Å². The molecule has 5 nitrogen and oxygen atoms in total. The van der Waals surface area contributed by atoms with Crippen molar-refractivity contribution in [2.24, 2.45) is 0 Å². The maximum absolute atomic E-state index is 13.2. The van der Waals surface area contributed by atoms with E-state index in [0.717, 1.165) is 51.4 Å².